The van der Waals surface area contributed by atoms with E-state index in [9.17, 15) is 9.50 Å². The maximum atomic E-state index is 13.9. The van der Waals surface area contributed by atoms with E-state index in [0.29, 0.717) is 5.56 Å². The number of aliphatic hydroxyl groups is 1. The topological polar surface area (TPSA) is 23.5 Å². The Morgan fingerprint density at radius 1 is 1.30 bits per heavy atom. The van der Waals surface area contributed by atoms with Gasteiger partial charge in [-0.3, -0.25) is 4.90 Å². The number of aliphatic hydroxyl groups excluding tert-OH is 1. The summed E-state index contributed by atoms with van der Waals surface area (Å²) in [6, 6.07) is 4.95. The highest BCUT2D eigenvalue weighted by Gasteiger charge is 2.35. The molecule has 0 aliphatic carbocycles. The smallest absolute Gasteiger partial charge is 0.145 e. The second-order valence-electron chi connectivity index (χ2n) is 6.13. The average Bonchev–Trinajstić information content (AvgIpc) is 2.44. The van der Waals surface area contributed by atoms with Crippen LogP contribution in [0.25, 0.3) is 0 Å². The molecule has 1 aliphatic heterocycles. The highest BCUT2D eigenvalue weighted by molar-refractivity contribution is 6.30. The largest absolute Gasteiger partial charge is 0.391 e. The zero-order valence-electron chi connectivity index (χ0n) is 12.2. The van der Waals surface area contributed by atoms with Crippen LogP contribution >= 0.6 is 11.6 Å². The van der Waals surface area contributed by atoms with E-state index in [1.807, 2.05) is 13.8 Å². The van der Waals surface area contributed by atoms with Crippen molar-refractivity contribution in [3.8, 4) is 0 Å². The van der Waals surface area contributed by atoms with Crippen LogP contribution in [0.15, 0.2) is 18.2 Å². The van der Waals surface area contributed by atoms with Crippen molar-refractivity contribution in [3.63, 3.8) is 0 Å². The molecule has 1 N–H and O–H groups in total. The van der Waals surface area contributed by atoms with Gasteiger partial charge in [-0.2, -0.15) is 0 Å². The molecule has 1 fully saturated rings. The predicted octanol–water partition coefficient (Wildman–Crippen LogP) is 3.65. The van der Waals surface area contributed by atoms with Gasteiger partial charge in [0.25, 0.3) is 0 Å². The summed E-state index contributed by atoms with van der Waals surface area (Å²) in [6.45, 7) is 6.07. The summed E-state index contributed by atoms with van der Waals surface area (Å²) in [5, 5.41) is 10.7. The number of hydrogen-bond acceptors (Lipinski definition) is 2. The second kappa shape index (κ2) is 6.42. The second-order valence-corrected chi connectivity index (χ2v) is 6.54. The highest BCUT2D eigenvalue weighted by atomic mass is 35.5. The third-order valence-electron chi connectivity index (χ3n) is 4.43. The van der Waals surface area contributed by atoms with E-state index in [1.54, 1.807) is 12.1 Å². The van der Waals surface area contributed by atoms with E-state index >= 15 is 0 Å². The zero-order chi connectivity index (χ0) is 14.8. The van der Waals surface area contributed by atoms with Gasteiger partial charge in [0.1, 0.15) is 5.82 Å². The van der Waals surface area contributed by atoms with Crippen molar-refractivity contribution in [2.45, 2.75) is 51.2 Å². The monoisotopic (exact) mass is 299 g/mol. The lowest BCUT2D eigenvalue weighted by atomic mass is 9.88. The molecule has 0 spiro atoms. The maximum absolute atomic E-state index is 13.9. The molecule has 1 aromatic rings. The van der Waals surface area contributed by atoms with E-state index < -0.39 is 11.9 Å². The molecule has 1 saturated heterocycles. The van der Waals surface area contributed by atoms with Gasteiger partial charge in [0, 0.05) is 12.0 Å². The van der Waals surface area contributed by atoms with Crippen LogP contribution in [-0.4, -0.2) is 34.7 Å². The minimum absolute atomic E-state index is 0.116. The lowest BCUT2D eigenvalue weighted by molar-refractivity contribution is -0.0190. The van der Waals surface area contributed by atoms with Gasteiger partial charge < -0.3 is 5.11 Å². The summed E-state index contributed by atoms with van der Waals surface area (Å²) in [4.78, 5) is 2.31. The van der Waals surface area contributed by atoms with Gasteiger partial charge in [0.05, 0.1) is 11.1 Å². The molecule has 1 aliphatic rings. The van der Waals surface area contributed by atoms with Gasteiger partial charge in [0.2, 0.25) is 0 Å². The molecule has 1 heterocycles. The quantitative estimate of drug-likeness (QED) is 0.917. The van der Waals surface area contributed by atoms with Crippen LogP contribution in [0.5, 0.6) is 0 Å². The van der Waals surface area contributed by atoms with Crippen LogP contribution < -0.4 is 0 Å². The Balaban J connectivity index is 2.09. The SMILES string of the molecule is CC(C)(C(O)Cc1cccc(Cl)c1F)N1CCCCC1. The predicted molar refractivity (Wildman–Crippen MR) is 80.6 cm³/mol. The number of rotatable bonds is 4. The third-order valence-corrected chi connectivity index (χ3v) is 4.72. The van der Waals surface area contributed by atoms with Crippen molar-refractivity contribution in [1.82, 2.24) is 4.90 Å². The molecule has 1 atom stereocenters. The van der Waals surface area contributed by atoms with E-state index in [2.05, 4.69) is 4.90 Å². The van der Waals surface area contributed by atoms with Crippen molar-refractivity contribution in [2.75, 3.05) is 13.1 Å². The van der Waals surface area contributed by atoms with Crippen molar-refractivity contribution in [3.05, 3.63) is 34.6 Å². The molecule has 0 bridgehead atoms. The normalized spacial score (nSPS) is 19.1. The molecule has 0 aromatic heterocycles. The summed E-state index contributed by atoms with van der Waals surface area (Å²) < 4.78 is 13.9. The third kappa shape index (κ3) is 3.33. The van der Waals surface area contributed by atoms with Crippen LogP contribution in [0, 0.1) is 5.82 Å². The average molecular weight is 300 g/mol. The molecule has 0 radical (unpaired) electrons. The molecule has 2 nitrogen and oxygen atoms in total. The van der Waals surface area contributed by atoms with Crippen molar-refractivity contribution < 1.29 is 9.50 Å². The van der Waals surface area contributed by atoms with E-state index in [4.69, 9.17) is 11.6 Å². The van der Waals surface area contributed by atoms with Crippen LogP contribution in [-0.2, 0) is 6.42 Å². The van der Waals surface area contributed by atoms with Crippen LogP contribution in [0.2, 0.25) is 5.02 Å². The Morgan fingerprint density at radius 2 is 1.95 bits per heavy atom. The number of likely N-dealkylation sites (tertiary alicyclic amines) is 1. The van der Waals surface area contributed by atoms with Gasteiger partial charge >= 0.3 is 0 Å². The fourth-order valence-electron chi connectivity index (χ4n) is 2.85. The summed E-state index contributed by atoms with van der Waals surface area (Å²) in [5.41, 5.74) is 0.130. The Bertz CT molecular complexity index is 458. The number of benzene rings is 1. The minimum atomic E-state index is -0.617. The molecule has 4 heteroatoms. The molecule has 0 amide bonds. The Morgan fingerprint density at radius 3 is 2.60 bits per heavy atom. The van der Waals surface area contributed by atoms with Gasteiger partial charge in [-0.25, -0.2) is 4.39 Å². The Labute approximate surface area is 125 Å². The summed E-state index contributed by atoms with van der Waals surface area (Å²) in [7, 11) is 0. The fourth-order valence-corrected chi connectivity index (χ4v) is 3.04. The lowest BCUT2D eigenvalue weighted by Crippen LogP contribution is -2.54. The fraction of sp³-hybridized carbons (Fsp3) is 0.625. The summed E-state index contributed by atoms with van der Waals surface area (Å²) in [6.07, 6.45) is 3.26. The van der Waals surface area contributed by atoms with Gasteiger partial charge in [-0.05, 0) is 51.4 Å². The Kier molecular flexibility index (Phi) is 5.05. The van der Waals surface area contributed by atoms with E-state index in [-0.39, 0.29) is 17.0 Å². The van der Waals surface area contributed by atoms with Crippen molar-refractivity contribution in [2.24, 2.45) is 0 Å². The molecule has 1 unspecified atom stereocenters. The number of hydrogen-bond donors (Lipinski definition) is 1. The molecule has 0 saturated carbocycles. The van der Waals surface area contributed by atoms with Gasteiger partial charge in [-0.15, -0.1) is 0 Å². The molecular formula is C16H23ClFNO. The first-order valence-corrected chi connectivity index (χ1v) is 7.66. The molecule has 112 valence electrons. The van der Waals surface area contributed by atoms with Gasteiger partial charge in [-0.1, -0.05) is 30.2 Å². The maximum Gasteiger partial charge on any atom is 0.145 e. The summed E-state index contributed by atoms with van der Waals surface area (Å²) >= 11 is 5.79. The molecule has 1 aromatic carbocycles. The Hall–Kier alpha value is -0.640. The zero-order valence-corrected chi connectivity index (χ0v) is 13.0. The molecular weight excluding hydrogens is 277 g/mol. The number of nitrogens with zero attached hydrogens (tertiary/aromatic N) is 1. The van der Waals surface area contributed by atoms with E-state index in [0.717, 1.165) is 13.1 Å². The first-order valence-electron chi connectivity index (χ1n) is 7.29. The van der Waals surface area contributed by atoms with Crippen molar-refractivity contribution >= 4 is 11.6 Å². The highest BCUT2D eigenvalue weighted by Crippen LogP contribution is 2.27. The number of piperidine rings is 1. The van der Waals surface area contributed by atoms with Crippen molar-refractivity contribution in [1.29, 1.82) is 0 Å². The van der Waals surface area contributed by atoms with Gasteiger partial charge in [0.15, 0.2) is 0 Å². The lowest BCUT2D eigenvalue weighted by Gasteiger charge is -2.44. The minimum Gasteiger partial charge on any atom is -0.391 e. The molecule has 20 heavy (non-hydrogen) atoms. The first kappa shape index (κ1) is 15.7. The summed E-state index contributed by atoms with van der Waals surface area (Å²) in [5.74, 6) is -0.414. The van der Waals surface area contributed by atoms with Crippen LogP contribution in [0.4, 0.5) is 4.39 Å². The van der Waals surface area contributed by atoms with E-state index in [1.165, 1.54) is 25.3 Å². The molecule has 2 rings (SSSR count). The van der Waals surface area contributed by atoms with Crippen LogP contribution in [0.3, 0.4) is 0 Å². The first-order chi connectivity index (χ1) is 9.43. The number of halogens is 2. The van der Waals surface area contributed by atoms with Crippen LogP contribution in [0.1, 0.15) is 38.7 Å². The standard InChI is InChI=1S/C16H23ClFNO/c1-16(2,19-9-4-3-5-10-19)14(20)11-12-7-6-8-13(17)15(12)18/h6-8,14,20H,3-5,9-11H2,1-2H3.